The number of hydrogen-bond donors (Lipinski definition) is 0. The highest BCUT2D eigenvalue weighted by Gasteiger charge is 2.59. The maximum Gasteiger partial charge on any atom is 0.327 e. The second kappa shape index (κ2) is 5.20. The minimum absolute atomic E-state index is 0.0273. The lowest BCUT2D eigenvalue weighted by atomic mass is 9.74. The lowest BCUT2D eigenvalue weighted by Crippen LogP contribution is -2.54. The highest BCUT2D eigenvalue weighted by molar-refractivity contribution is 6.07. The molecule has 3 aliphatic heterocycles. The number of urea groups is 1. The molecule has 3 atom stereocenters. The molecule has 3 amide bonds. The lowest BCUT2D eigenvalue weighted by Gasteiger charge is -2.40. The van der Waals surface area contributed by atoms with E-state index in [1.54, 1.807) is 4.90 Å². The molecule has 0 bridgehead atoms. The zero-order valence-electron chi connectivity index (χ0n) is 13.1. The number of rotatable bonds is 5. The van der Waals surface area contributed by atoms with E-state index in [-0.39, 0.29) is 30.1 Å². The van der Waals surface area contributed by atoms with Crippen LogP contribution in [-0.4, -0.2) is 65.8 Å². The number of imide groups is 1. The predicted molar refractivity (Wildman–Crippen MR) is 78.3 cm³/mol. The summed E-state index contributed by atoms with van der Waals surface area (Å²) in [7, 11) is 0. The minimum Gasteiger partial charge on any atom is -0.371 e. The zero-order chi connectivity index (χ0) is 15.3. The first-order valence-corrected chi connectivity index (χ1v) is 8.47. The molecule has 0 N–H and O–H groups in total. The average Bonchev–Trinajstić information content (AvgIpc) is 3.43. The van der Waals surface area contributed by atoms with Gasteiger partial charge in [-0.05, 0) is 25.7 Å². The van der Waals surface area contributed by atoms with Crippen LogP contribution in [0.1, 0.15) is 39.0 Å². The van der Waals surface area contributed by atoms with E-state index in [0.717, 1.165) is 25.7 Å². The minimum atomic E-state index is -0.696. The van der Waals surface area contributed by atoms with Gasteiger partial charge in [-0.1, -0.05) is 19.3 Å². The van der Waals surface area contributed by atoms with Gasteiger partial charge in [-0.2, -0.15) is 0 Å². The zero-order valence-corrected chi connectivity index (χ0v) is 13.1. The van der Waals surface area contributed by atoms with Crippen LogP contribution in [0.5, 0.6) is 0 Å². The average molecular weight is 308 g/mol. The lowest BCUT2D eigenvalue weighted by molar-refractivity contribution is -0.136. The molecule has 1 saturated carbocycles. The second-order valence-corrected chi connectivity index (χ2v) is 7.20. The molecule has 3 heterocycles. The molecule has 4 rings (SSSR count). The fraction of sp³-hybridized carbons (Fsp3) is 0.875. The van der Waals surface area contributed by atoms with Crippen molar-refractivity contribution in [3.05, 3.63) is 0 Å². The van der Waals surface area contributed by atoms with Crippen LogP contribution in [0.2, 0.25) is 0 Å². The third kappa shape index (κ3) is 2.33. The molecule has 122 valence electrons. The van der Waals surface area contributed by atoms with Gasteiger partial charge in [-0.3, -0.25) is 9.69 Å². The Morgan fingerprint density at radius 3 is 2.23 bits per heavy atom. The van der Waals surface area contributed by atoms with Crippen molar-refractivity contribution in [1.82, 2.24) is 9.80 Å². The molecule has 1 aliphatic carbocycles. The van der Waals surface area contributed by atoms with E-state index >= 15 is 0 Å². The Kier molecular flexibility index (Phi) is 3.42. The fourth-order valence-corrected chi connectivity index (χ4v) is 4.06. The van der Waals surface area contributed by atoms with Gasteiger partial charge in [-0.15, -0.1) is 0 Å². The number of epoxide rings is 2. The number of carbonyl (C=O) groups excluding carboxylic acids is 2. The van der Waals surface area contributed by atoms with Crippen LogP contribution in [0.25, 0.3) is 0 Å². The van der Waals surface area contributed by atoms with E-state index in [1.807, 2.05) is 6.92 Å². The molecular formula is C16H24N2O4. The molecule has 6 heteroatoms. The van der Waals surface area contributed by atoms with Crippen molar-refractivity contribution in [2.75, 3.05) is 26.3 Å². The quantitative estimate of drug-likeness (QED) is 0.568. The summed E-state index contributed by atoms with van der Waals surface area (Å²) in [5.74, 6) is 0.238. The molecular weight excluding hydrogens is 284 g/mol. The van der Waals surface area contributed by atoms with Crippen LogP contribution >= 0.6 is 0 Å². The number of hydrogen-bond acceptors (Lipinski definition) is 4. The summed E-state index contributed by atoms with van der Waals surface area (Å²) in [5, 5.41) is 0. The van der Waals surface area contributed by atoms with E-state index in [0.29, 0.717) is 26.3 Å². The van der Waals surface area contributed by atoms with Crippen LogP contribution in [0, 0.1) is 5.92 Å². The van der Waals surface area contributed by atoms with E-state index < -0.39 is 5.54 Å². The Balaban J connectivity index is 1.61. The van der Waals surface area contributed by atoms with E-state index in [2.05, 4.69) is 0 Å². The number of ether oxygens (including phenoxy) is 2. The number of nitrogens with zero attached hydrogens (tertiary/aromatic N) is 2. The van der Waals surface area contributed by atoms with Crippen molar-refractivity contribution in [3.8, 4) is 0 Å². The third-order valence-corrected chi connectivity index (χ3v) is 5.68. The first-order valence-electron chi connectivity index (χ1n) is 8.47. The van der Waals surface area contributed by atoms with Crippen LogP contribution < -0.4 is 0 Å². The van der Waals surface area contributed by atoms with Crippen molar-refractivity contribution in [1.29, 1.82) is 0 Å². The van der Waals surface area contributed by atoms with E-state index in [1.165, 1.54) is 11.3 Å². The van der Waals surface area contributed by atoms with Gasteiger partial charge in [0.2, 0.25) is 0 Å². The molecule has 3 unspecified atom stereocenters. The summed E-state index contributed by atoms with van der Waals surface area (Å²) in [4.78, 5) is 29.1. The van der Waals surface area contributed by atoms with Gasteiger partial charge in [0.1, 0.15) is 5.54 Å². The van der Waals surface area contributed by atoms with E-state index in [9.17, 15) is 9.59 Å². The molecule has 22 heavy (non-hydrogen) atoms. The van der Waals surface area contributed by atoms with Crippen LogP contribution in [-0.2, 0) is 14.3 Å². The van der Waals surface area contributed by atoms with Crippen LogP contribution in [0.3, 0.4) is 0 Å². The van der Waals surface area contributed by atoms with Gasteiger partial charge in [0.15, 0.2) is 0 Å². The maximum atomic E-state index is 13.1. The Bertz CT molecular complexity index is 483. The third-order valence-electron chi connectivity index (χ3n) is 5.68. The number of amides is 3. The molecule has 4 fully saturated rings. The Morgan fingerprint density at radius 1 is 1.05 bits per heavy atom. The van der Waals surface area contributed by atoms with Crippen molar-refractivity contribution in [2.24, 2.45) is 5.92 Å². The highest BCUT2D eigenvalue weighted by atomic mass is 16.6. The van der Waals surface area contributed by atoms with Gasteiger partial charge in [0.05, 0.1) is 38.5 Å². The SMILES string of the molecule is CC1(C2CCCCC2)C(=O)N(CC2CO2)C(=O)N1CC1CO1. The molecule has 0 radical (unpaired) electrons. The molecule has 0 spiro atoms. The molecule has 0 aromatic heterocycles. The first kappa shape index (κ1) is 14.5. The summed E-state index contributed by atoms with van der Waals surface area (Å²) in [5.41, 5.74) is -0.696. The summed E-state index contributed by atoms with van der Waals surface area (Å²) < 4.78 is 10.5. The van der Waals surface area contributed by atoms with Gasteiger partial charge in [-0.25, -0.2) is 4.79 Å². The number of carbonyl (C=O) groups is 2. The normalized spacial score (nSPS) is 38.8. The maximum absolute atomic E-state index is 13.1. The van der Waals surface area contributed by atoms with Crippen molar-refractivity contribution in [3.63, 3.8) is 0 Å². The smallest absolute Gasteiger partial charge is 0.327 e. The molecule has 4 aliphatic rings. The first-order chi connectivity index (χ1) is 10.6. The van der Waals surface area contributed by atoms with Gasteiger partial charge in [0, 0.05) is 0 Å². The summed E-state index contributed by atoms with van der Waals surface area (Å²) >= 11 is 0. The summed E-state index contributed by atoms with van der Waals surface area (Å²) in [6, 6.07) is -0.149. The standard InChI is InChI=1S/C16H24N2O4/c1-16(11-5-3-2-4-6-11)14(19)17(7-12-9-21-12)15(20)18(16)8-13-10-22-13/h11-13H,2-10H2,1H3. The van der Waals surface area contributed by atoms with Crippen LogP contribution in [0.15, 0.2) is 0 Å². The highest BCUT2D eigenvalue weighted by Crippen LogP contribution is 2.42. The second-order valence-electron chi connectivity index (χ2n) is 7.20. The van der Waals surface area contributed by atoms with Gasteiger partial charge >= 0.3 is 6.03 Å². The molecule has 0 aromatic carbocycles. The largest absolute Gasteiger partial charge is 0.371 e. The van der Waals surface area contributed by atoms with Gasteiger partial charge in [0.25, 0.3) is 5.91 Å². The summed E-state index contributed by atoms with van der Waals surface area (Å²) in [6.45, 7) is 4.27. The van der Waals surface area contributed by atoms with Crippen molar-refractivity contribution in [2.45, 2.75) is 56.8 Å². The molecule has 6 nitrogen and oxygen atoms in total. The monoisotopic (exact) mass is 308 g/mol. The van der Waals surface area contributed by atoms with Crippen LogP contribution in [0.4, 0.5) is 4.79 Å². The summed E-state index contributed by atoms with van der Waals surface area (Å²) in [6.07, 6.45) is 5.76. The Labute approximate surface area is 130 Å². The molecule has 0 aromatic rings. The van der Waals surface area contributed by atoms with E-state index in [4.69, 9.17) is 9.47 Å². The van der Waals surface area contributed by atoms with Crippen molar-refractivity contribution >= 4 is 11.9 Å². The molecule has 3 saturated heterocycles. The van der Waals surface area contributed by atoms with Crippen molar-refractivity contribution < 1.29 is 19.1 Å². The Morgan fingerprint density at radius 2 is 1.64 bits per heavy atom. The Hall–Kier alpha value is -1.14. The predicted octanol–water partition coefficient (Wildman–Crippen LogP) is 1.39. The fourth-order valence-electron chi connectivity index (χ4n) is 4.06. The topological polar surface area (TPSA) is 65.7 Å². The van der Waals surface area contributed by atoms with Gasteiger partial charge < -0.3 is 14.4 Å².